The second-order valence-electron chi connectivity index (χ2n) is 5.10. The molecule has 1 N–H and O–H groups in total. The van der Waals surface area contributed by atoms with Gasteiger partial charge in [-0.1, -0.05) is 11.6 Å². The molecule has 1 aliphatic heterocycles. The van der Waals surface area contributed by atoms with Gasteiger partial charge in [0, 0.05) is 35.3 Å². The first kappa shape index (κ1) is 14.7. The number of piperazine rings is 1. The highest BCUT2D eigenvalue weighted by molar-refractivity contribution is 7.99. The molecule has 1 amide bonds. The van der Waals surface area contributed by atoms with Crippen molar-refractivity contribution in [1.82, 2.24) is 10.2 Å². The predicted octanol–water partition coefficient (Wildman–Crippen LogP) is 2.64. The molecule has 0 aromatic heterocycles. The summed E-state index contributed by atoms with van der Waals surface area (Å²) in [6, 6.07) is 7.87. The number of halogens is 1. The van der Waals surface area contributed by atoms with E-state index in [4.69, 9.17) is 11.6 Å². The number of carbonyl (C=O) groups is 1. The Kier molecular flexibility index (Phi) is 4.76. The maximum Gasteiger partial charge on any atom is 0.239 e. The van der Waals surface area contributed by atoms with Crippen LogP contribution in [0.15, 0.2) is 29.2 Å². The van der Waals surface area contributed by atoms with E-state index in [1.165, 1.54) is 4.90 Å². The van der Waals surface area contributed by atoms with Crippen molar-refractivity contribution in [3.63, 3.8) is 0 Å². The molecule has 3 nitrogen and oxygen atoms in total. The number of carbonyl (C=O) groups excluding carboxylic acids is 1. The summed E-state index contributed by atoms with van der Waals surface area (Å²) in [5.74, 6) is 1.09. The van der Waals surface area contributed by atoms with Gasteiger partial charge in [0.1, 0.15) is 0 Å². The van der Waals surface area contributed by atoms with E-state index in [-0.39, 0.29) is 5.91 Å². The Bertz CT molecular complexity index is 447. The molecule has 0 spiro atoms. The monoisotopic (exact) mass is 298 g/mol. The van der Waals surface area contributed by atoms with Gasteiger partial charge in [-0.2, -0.15) is 0 Å². The van der Waals surface area contributed by atoms with E-state index in [9.17, 15) is 4.79 Å². The van der Waals surface area contributed by atoms with Crippen LogP contribution >= 0.6 is 23.4 Å². The first-order valence-electron chi connectivity index (χ1n) is 6.42. The Morgan fingerprint density at radius 1 is 1.37 bits per heavy atom. The number of hydrogen-bond donors (Lipinski definition) is 1. The first-order valence-corrected chi connectivity index (χ1v) is 7.78. The number of nitrogens with one attached hydrogen (secondary N) is 1. The summed E-state index contributed by atoms with van der Waals surface area (Å²) in [4.78, 5) is 15.3. The van der Waals surface area contributed by atoms with Crippen molar-refractivity contribution >= 4 is 29.3 Å². The summed E-state index contributed by atoms with van der Waals surface area (Å²) in [5, 5.41) is 3.68. The summed E-state index contributed by atoms with van der Waals surface area (Å²) in [5.41, 5.74) is -0.404. The van der Waals surface area contributed by atoms with Crippen LogP contribution in [0.2, 0.25) is 5.02 Å². The Morgan fingerprint density at radius 2 is 2.05 bits per heavy atom. The lowest BCUT2D eigenvalue weighted by atomic mass is 9.99. The van der Waals surface area contributed by atoms with E-state index in [0.29, 0.717) is 0 Å². The third kappa shape index (κ3) is 3.65. The number of hydrogen-bond acceptors (Lipinski definition) is 3. The largest absolute Gasteiger partial charge is 0.353 e. The summed E-state index contributed by atoms with van der Waals surface area (Å²) in [6.45, 7) is 6.53. The van der Waals surface area contributed by atoms with Crippen LogP contribution in [-0.2, 0) is 4.79 Å². The standard InChI is InChI=1S/C14H19ClN2OS/c1-14(2)13(18)16-7-8-17(14)9-10-19-12-5-3-11(15)4-6-12/h3-6H,7-10H2,1-2H3,(H,16,18). The molecule has 0 radical (unpaired) electrons. The molecule has 1 saturated heterocycles. The highest BCUT2D eigenvalue weighted by Gasteiger charge is 2.36. The van der Waals surface area contributed by atoms with Gasteiger partial charge in [0.15, 0.2) is 0 Å². The zero-order valence-corrected chi connectivity index (χ0v) is 12.9. The number of thioether (sulfide) groups is 1. The van der Waals surface area contributed by atoms with E-state index in [1.807, 2.05) is 38.1 Å². The molecule has 19 heavy (non-hydrogen) atoms. The Balaban J connectivity index is 1.85. The van der Waals surface area contributed by atoms with E-state index in [1.54, 1.807) is 11.8 Å². The molecule has 0 unspecified atom stereocenters. The SMILES string of the molecule is CC1(C)C(=O)NCCN1CCSc1ccc(Cl)cc1. The van der Waals surface area contributed by atoms with Crippen molar-refractivity contribution in [2.24, 2.45) is 0 Å². The summed E-state index contributed by atoms with van der Waals surface area (Å²) in [6.07, 6.45) is 0. The number of nitrogens with zero attached hydrogens (tertiary/aromatic N) is 1. The van der Waals surface area contributed by atoms with Gasteiger partial charge in [-0.05, 0) is 38.1 Å². The minimum absolute atomic E-state index is 0.121. The van der Waals surface area contributed by atoms with Gasteiger partial charge in [-0.25, -0.2) is 0 Å². The maximum absolute atomic E-state index is 11.8. The Labute approximate surface area is 123 Å². The van der Waals surface area contributed by atoms with Crippen LogP contribution in [0.1, 0.15) is 13.8 Å². The fourth-order valence-corrected chi connectivity index (χ4v) is 3.14. The molecule has 1 aromatic carbocycles. The van der Waals surface area contributed by atoms with Crippen molar-refractivity contribution in [3.05, 3.63) is 29.3 Å². The number of rotatable bonds is 4. The number of amides is 1. The van der Waals surface area contributed by atoms with Gasteiger partial charge in [-0.3, -0.25) is 9.69 Å². The molecule has 1 aromatic rings. The molecule has 2 rings (SSSR count). The lowest BCUT2D eigenvalue weighted by molar-refractivity contribution is -0.134. The fraction of sp³-hybridized carbons (Fsp3) is 0.500. The van der Waals surface area contributed by atoms with Crippen molar-refractivity contribution in [2.75, 3.05) is 25.4 Å². The molecule has 0 atom stereocenters. The van der Waals surface area contributed by atoms with E-state index in [2.05, 4.69) is 10.2 Å². The molecule has 5 heteroatoms. The van der Waals surface area contributed by atoms with Gasteiger partial charge in [0.25, 0.3) is 0 Å². The van der Waals surface area contributed by atoms with Crippen LogP contribution in [0.25, 0.3) is 0 Å². The molecule has 1 fully saturated rings. The predicted molar refractivity (Wildman–Crippen MR) is 80.8 cm³/mol. The topological polar surface area (TPSA) is 32.3 Å². The van der Waals surface area contributed by atoms with Crippen LogP contribution in [0.5, 0.6) is 0 Å². The zero-order chi connectivity index (χ0) is 13.9. The van der Waals surface area contributed by atoms with Crippen LogP contribution in [0.4, 0.5) is 0 Å². The average molecular weight is 299 g/mol. The average Bonchev–Trinajstić information content (AvgIpc) is 2.37. The molecular weight excluding hydrogens is 280 g/mol. The second-order valence-corrected chi connectivity index (χ2v) is 6.71. The van der Waals surface area contributed by atoms with Crippen molar-refractivity contribution in [3.8, 4) is 0 Å². The van der Waals surface area contributed by atoms with Crippen LogP contribution in [-0.4, -0.2) is 41.7 Å². The smallest absolute Gasteiger partial charge is 0.239 e. The molecule has 1 heterocycles. The van der Waals surface area contributed by atoms with Crippen molar-refractivity contribution in [1.29, 1.82) is 0 Å². The zero-order valence-electron chi connectivity index (χ0n) is 11.3. The minimum Gasteiger partial charge on any atom is -0.353 e. The number of benzene rings is 1. The fourth-order valence-electron chi connectivity index (χ4n) is 2.14. The molecule has 0 saturated carbocycles. The van der Waals surface area contributed by atoms with Gasteiger partial charge in [0.2, 0.25) is 5.91 Å². The van der Waals surface area contributed by atoms with Crippen LogP contribution in [0.3, 0.4) is 0 Å². The third-order valence-corrected chi connectivity index (χ3v) is 4.70. The van der Waals surface area contributed by atoms with Gasteiger partial charge >= 0.3 is 0 Å². The molecule has 0 bridgehead atoms. The van der Waals surface area contributed by atoms with E-state index in [0.717, 1.165) is 30.4 Å². The lowest BCUT2D eigenvalue weighted by Crippen LogP contribution is -2.62. The van der Waals surface area contributed by atoms with Crippen LogP contribution < -0.4 is 5.32 Å². The summed E-state index contributed by atoms with van der Waals surface area (Å²) in [7, 11) is 0. The normalized spacial score (nSPS) is 19.2. The van der Waals surface area contributed by atoms with E-state index >= 15 is 0 Å². The minimum atomic E-state index is -0.404. The maximum atomic E-state index is 11.8. The van der Waals surface area contributed by atoms with Gasteiger partial charge in [0.05, 0.1) is 5.54 Å². The van der Waals surface area contributed by atoms with Crippen molar-refractivity contribution in [2.45, 2.75) is 24.3 Å². The summed E-state index contributed by atoms with van der Waals surface area (Å²) >= 11 is 7.65. The van der Waals surface area contributed by atoms with Gasteiger partial charge < -0.3 is 5.32 Å². The Morgan fingerprint density at radius 3 is 2.74 bits per heavy atom. The quantitative estimate of drug-likeness (QED) is 0.867. The van der Waals surface area contributed by atoms with Crippen molar-refractivity contribution < 1.29 is 4.79 Å². The summed E-state index contributed by atoms with van der Waals surface area (Å²) < 4.78 is 0. The highest BCUT2D eigenvalue weighted by Crippen LogP contribution is 2.22. The first-order chi connectivity index (χ1) is 9.00. The molecule has 104 valence electrons. The second kappa shape index (κ2) is 6.16. The molecule has 1 aliphatic rings. The van der Waals surface area contributed by atoms with Crippen LogP contribution in [0, 0.1) is 0 Å². The molecular formula is C14H19ClN2OS. The van der Waals surface area contributed by atoms with E-state index < -0.39 is 5.54 Å². The van der Waals surface area contributed by atoms with Gasteiger partial charge in [-0.15, -0.1) is 11.8 Å². The third-order valence-electron chi connectivity index (χ3n) is 3.46. The molecule has 0 aliphatic carbocycles. The lowest BCUT2D eigenvalue weighted by Gasteiger charge is -2.41. The highest BCUT2D eigenvalue weighted by atomic mass is 35.5. The Hall–Kier alpha value is -0.710.